The van der Waals surface area contributed by atoms with E-state index in [1.807, 2.05) is 12.1 Å². The number of rotatable bonds is 4. The zero-order valence-corrected chi connectivity index (χ0v) is 15.5. The molecule has 0 bridgehead atoms. The first-order valence-corrected chi connectivity index (χ1v) is 9.27. The van der Waals surface area contributed by atoms with Crippen molar-refractivity contribution < 1.29 is 14.6 Å². The van der Waals surface area contributed by atoms with Crippen LogP contribution in [0, 0.1) is 6.92 Å². The maximum absolute atomic E-state index is 11.5. The van der Waals surface area contributed by atoms with Crippen molar-refractivity contribution in [3.05, 3.63) is 80.8 Å². The number of thiazole rings is 1. The second-order valence-electron chi connectivity index (χ2n) is 6.67. The van der Waals surface area contributed by atoms with Gasteiger partial charge >= 0.3 is 5.97 Å². The van der Waals surface area contributed by atoms with E-state index in [1.165, 1.54) is 22.5 Å². The molecule has 0 aliphatic heterocycles. The van der Waals surface area contributed by atoms with E-state index in [0.717, 1.165) is 29.2 Å². The van der Waals surface area contributed by atoms with Crippen molar-refractivity contribution in [2.75, 3.05) is 7.11 Å². The molecule has 1 aliphatic carbocycles. The van der Waals surface area contributed by atoms with Gasteiger partial charge in [0.2, 0.25) is 0 Å². The second-order valence-corrected chi connectivity index (χ2v) is 7.67. The number of hydrogen-bond acceptors (Lipinski definition) is 4. The van der Waals surface area contributed by atoms with Crippen LogP contribution in [0.1, 0.15) is 37.1 Å². The molecule has 132 valence electrons. The number of carboxylic acids is 1. The number of carbonyl (C=O) groups is 1. The van der Waals surface area contributed by atoms with Crippen LogP contribution < -0.4 is 4.74 Å². The van der Waals surface area contributed by atoms with Gasteiger partial charge in [0.1, 0.15) is 15.6 Å². The molecule has 1 N–H and O–H groups in total. The predicted molar refractivity (Wildman–Crippen MR) is 101 cm³/mol. The lowest BCUT2D eigenvalue weighted by Gasteiger charge is -2.27. The fourth-order valence-electron chi connectivity index (χ4n) is 3.80. The monoisotopic (exact) mass is 365 g/mol. The Bertz CT molecular complexity index is 950. The largest absolute Gasteiger partial charge is 0.497 e. The fourth-order valence-corrected chi connectivity index (χ4v) is 4.92. The molecule has 26 heavy (non-hydrogen) atoms. The third-order valence-corrected chi connectivity index (χ3v) is 6.50. The number of methoxy groups -OCH3 is 1. The molecule has 4 nitrogen and oxygen atoms in total. The van der Waals surface area contributed by atoms with Crippen LogP contribution >= 0.6 is 11.3 Å². The summed E-state index contributed by atoms with van der Waals surface area (Å²) in [4.78, 5) is 16.6. The van der Waals surface area contributed by atoms with Crippen molar-refractivity contribution in [1.82, 2.24) is 4.98 Å². The quantitative estimate of drug-likeness (QED) is 0.751. The molecule has 0 fully saturated rings. The van der Waals surface area contributed by atoms with E-state index in [1.54, 1.807) is 14.0 Å². The van der Waals surface area contributed by atoms with Crippen LogP contribution in [0.3, 0.4) is 0 Å². The molecule has 0 radical (unpaired) electrons. The van der Waals surface area contributed by atoms with Gasteiger partial charge in [-0.25, -0.2) is 9.78 Å². The van der Waals surface area contributed by atoms with E-state index in [-0.39, 0.29) is 5.41 Å². The van der Waals surface area contributed by atoms with Gasteiger partial charge in [-0.15, -0.1) is 11.3 Å². The molecule has 0 spiro atoms. The van der Waals surface area contributed by atoms with Crippen LogP contribution in [-0.4, -0.2) is 23.2 Å². The van der Waals surface area contributed by atoms with Gasteiger partial charge in [-0.3, -0.25) is 0 Å². The topological polar surface area (TPSA) is 59.4 Å². The number of ether oxygens (including phenoxy) is 1. The molecule has 4 rings (SSSR count). The van der Waals surface area contributed by atoms with Crippen molar-refractivity contribution in [2.45, 2.75) is 25.2 Å². The molecule has 0 amide bonds. The molecule has 5 heteroatoms. The van der Waals surface area contributed by atoms with Crippen LogP contribution in [-0.2, 0) is 18.3 Å². The van der Waals surface area contributed by atoms with Gasteiger partial charge in [0.15, 0.2) is 0 Å². The summed E-state index contributed by atoms with van der Waals surface area (Å²) < 4.78 is 5.30. The maximum atomic E-state index is 11.5. The number of nitrogens with zero attached hydrogens (tertiary/aromatic N) is 1. The Kier molecular flexibility index (Phi) is 4.04. The van der Waals surface area contributed by atoms with E-state index in [2.05, 4.69) is 36.4 Å². The van der Waals surface area contributed by atoms with E-state index in [0.29, 0.717) is 10.6 Å². The van der Waals surface area contributed by atoms with Crippen LogP contribution in [0.4, 0.5) is 0 Å². The molecule has 0 unspecified atom stereocenters. The molecular weight excluding hydrogens is 346 g/mol. The zero-order valence-electron chi connectivity index (χ0n) is 14.7. The summed E-state index contributed by atoms with van der Waals surface area (Å²) in [6.07, 6.45) is 1.64. The van der Waals surface area contributed by atoms with Crippen LogP contribution in [0.15, 0.2) is 48.5 Å². The Morgan fingerprint density at radius 1 is 1.12 bits per heavy atom. The van der Waals surface area contributed by atoms with Gasteiger partial charge < -0.3 is 9.84 Å². The van der Waals surface area contributed by atoms with Crippen molar-refractivity contribution in [1.29, 1.82) is 0 Å². The molecular formula is C21H19NO3S. The van der Waals surface area contributed by atoms with E-state index in [4.69, 9.17) is 9.72 Å². The van der Waals surface area contributed by atoms with E-state index >= 15 is 0 Å². The summed E-state index contributed by atoms with van der Waals surface area (Å²) in [7, 11) is 1.65. The minimum absolute atomic E-state index is 0.323. The highest BCUT2D eigenvalue weighted by Crippen LogP contribution is 2.46. The molecule has 0 saturated carbocycles. The number of carboxylic acid groups (broad SMARTS) is 1. The SMILES string of the molecule is COc1ccc(C2(c3nc(C)c(C(=O)O)s3)Cc3ccccc3C2)cc1. The Morgan fingerprint density at radius 2 is 1.73 bits per heavy atom. The number of aryl methyl sites for hydroxylation is 1. The first-order valence-electron chi connectivity index (χ1n) is 8.46. The van der Waals surface area contributed by atoms with Gasteiger partial charge in [-0.1, -0.05) is 36.4 Å². The lowest BCUT2D eigenvalue weighted by molar-refractivity contribution is 0.0701. The van der Waals surface area contributed by atoms with Crippen molar-refractivity contribution in [2.24, 2.45) is 0 Å². The third kappa shape index (κ3) is 2.59. The zero-order chi connectivity index (χ0) is 18.3. The fraction of sp³-hybridized carbons (Fsp3) is 0.238. The Labute approximate surface area is 156 Å². The second kappa shape index (κ2) is 6.25. The van der Waals surface area contributed by atoms with Gasteiger partial charge in [0.05, 0.1) is 18.2 Å². The molecule has 1 aliphatic rings. The summed E-state index contributed by atoms with van der Waals surface area (Å²) in [6.45, 7) is 1.77. The summed E-state index contributed by atoms with van der Waals surface area (Å²) in [6, 6.07) is 16.5. The lowest BCUT2D eigenvalue weighted by Crippen LogP contribution is -2.28. The molecule has 0 saturated heterocycles. The highest BCUT2D eigenvalue weighted by atomic mass is 32.1. The number of fused-ring (bicyclic) bond motifs is 1. The molecule has 0 atom stereocenters. The van der Waals surface area contributed by atoms with Crippen molar-refractivity contribution >= 4 is 17.3 Å². The smallest absolute Gasteiger partial charge is 0.347 e. The van der Waals surface area contributed by atoms with Gasteiger partial charge in [0.25, 0.3) is 0 Å². The minimum Gasteiger partial charge on any atom is -0.497 e. The van der Waals surface area contributed by atoms with Gasteiger partial charge in [-0.05, 0) is 48.6 Å². The van der Waals surface area contributed by atoms with Crippen LogP contribution in [0.2, 0.25) is 0 Å². The minimum atomic E-state index is -0.911. The number of aromatic carboxylic acids is 1. The normalized spacial score (nSPS) is 14.8. The van der Waals surface area contributed by atoms with Crippen LogP contribution in [0.25, 0.3) is 0 Å². The van der Waals surface area contributed by atoms with Gasteiger partial charge in [-0.2, -0.15) is 0 Å². The standard InChI is InChI=1S/C21H19NO3S/c1-13-18(19(23)24)26-20(22-13)21(16-7-9-17(25-2)10-8-16)11-14-5-3-4-6-15(14)12-21/h3-10H,11-12H2,1-2H3,(H,23,24). The highest BCUT2D eigenvalue weighted by molar-refractivity contribution is 7.13. The Morgan fingerprint density at radius 3 is 2.23 bits per heavy atom. The van der Waals surface area contributed by atoms with E-state index < -0.39 is 5.97 Å². The first-order chi connectivity index (χ1) is 12.5. The average Bonchev–Trinajstić information content (AvgIpc) is 3.23. The molecule has 2 aromatic carbocycles. The number of aromatic nitrogens is 1. The third-order valence-electron chi connectivity index (χ3n) is 5.15. The number of benzene rings is 2. The summed E-state index contributed by atoms with van der Waals surface area (Å²) in [5.74, 6) is -0.104. The van der Waals surface area contributed by atoms with Gasteiger partial charge in [0, 0.05) is 0 Å². The lowest BCUT2D eigenvalue weighted by atomic mass is 9.78. The Balaban J connectivity index is 1.88. The molecule has 3 aromatic rings. The van der Waals surface area contributed by atoms with Crippen molar-refractivity contribution in [3.63, 3.8) is 0 Å². The first kappa shape index (κ1) is 16.8. The molecule has 1 heterocycles. The predicted octanol–water partition coefficient (Wildman–Crippen LogP) is 4.24. The number of hydrogen-bond donors (Lipinski definition) is 1. The Hall–Kier alpha value is -2.66. The highest BCUT2D eigenvalue weighted by Gasteiger charge is 2.43. The summed E-state index contributed by atoms with van der Waals surface area (Å²) in [5.41, 5.74) is 3.99. The van der Waals surface area contributed by atoms with Crippen molar-refractivity contribution in [3.8, 4) is 5.75 Å². The summed E-state index contributed by atoms with van der Waals surface area (Å²) in [5, 5.41) is 10.3. The maximum Gasteiger partial charge on any atom is 0.347 e. The molecule has 1 aromatic heterocycles. The van der Waals surface area contributed by atoms with E-state index in [9.17, 15) is 9.90 Å². The van der Waals surface area contributed by atoms with Crippen LogP contribution in [0.5, 0.6) is 5.75 Å². The average molecular weight is 365 g/mol. The summed E-state index contributed by atoms with van der Waals surface area (Å²) >= 11 is 1.30.